The maximum Gasteiger partial charge on any atom is 0.254 e. The predicted octanol–water partition coefficient (Wildman–Crippen LogP) is 3.31. The van der Waals surface area contributed by atoms with Crippen LogP contribution >= 0.6 is 0 Å². The lowest BCUT2D eigenvalue weighted by molar-refractivity contribution is 0.0685. The third kappa shape index (κ3) is 4.74. The molecule has 0 bridgehead atoms. The molecular weight excluding hydrogens is 404 g/mol. The third-order valence-electron chi connectivity index (χ3n) is 6.12. The number of carbonyl (C=O) groups is 1. The number of halogens is 2. The fourth-order valence-electron chi connectivity index (χ4n) is 4.35. The van der Waals surface area contributed by atoms with Gasteiger partial charge in [0.05, 0.1) is 12.8 Å². The fourth-order valence-corrected chi connectivity index (χ4v) is 4.35. The van der Waals surface area contributed by atoms with Gasteiger partial charge in [-0.1, -0.05) is 0 Å². The quantitative estimate of drug-likeness (QED) is 0.736. The van der Waals surface area contributed by atoms with E-state index in [2.05, 4.69) is 4.90 Å². The molecule has 8 heteroatoms. The Balaban J connectivity index is 1.29. The van der Waals surface area contributed by atoms with E-state index in [1.54, 1.807) is 18.2 Å². The lowest BCUT2D eigenvalue weighted by Gasteiger charge is -2.36. The van der Waals surface area contributed by atoms with Gasteiger partial charge in [0.2, 0.25) is 0 Å². The van der Waals surface area contributed by atoms with Gasteiger partial charge in [0.25, 0.3) is 5.91 Å². The normalized spacial score (nSPS) is 20.1. The van der Waals surface area contributed by atoms with Gasteiger partial charge < -0.3 is 20.1 Å². The summed E-state index contributed by atoms with van der Waals surface area (Å²) in [4.78, 5) is 17.2. The molecule has 2 aromatic rings. The molecule has 2 aromatic carbocycles. The second-order valence-corrected chi connectivity index (χ2v) is 8.08. The van der Waals surface area contributed by atoms with Gasteiger partial charge >= 0.3 is 0 Å². The Labute approximate surface area is 180 Å². The topological polar surface area (TPSA) is 68.0 Å². The summed E-state index contributed by atoms with van der Waals surface area (Å²) in [6.07, 6.45) is 2.51. The van der Waals surface area contributed by atoms with Crippen molar-refractivity contribution >= 4 is 11.6 Å². The van der Waals surface area contributed by atoms with Crippen LogP contribution in [-0.2, 0) is 0 Å². The molecule has 2 N–H and O–H groups in total. The molecule has 2 aliphatic heterocycles. The average Bonchev–Trinajstić information content (AvgIpc) is 3.27. The Morgan fingerprint density at radius 3 is 2.52 bits per heavy atom. The van der Waals surface area contributed by atoms with Crippen molar-refractivity contribution in [2.24, 2.45) is 0 Å². The maximum absolute atomic E-state index is 13.4. The van der Waals surface area contributed by atoms with Crippen LogP contribution in [0.4, 0.5) is 14.5 Å². The van der Waals surface area contributed by atoms with Crippen molar-refractivity contribution in [2.75, 3.05) is 39.0 Å². The van der Waals surface area contributed by atoms with Crippen LogP contribution in [0, 0.1) is 11.6 Å². The number of methoxy groups -OCH3 is 1. The number of amides is 1. The summed E-state index contributed by atoms with van der Waals surface area (Å²) in [5, 5.41) is 0. The SMILES string of the molecule is COc1cc(C(=O)N2CCC(N3CCC(Oc4ccc(F)c(F)c4)CC3)C2)ccc1N. The van der Waals surface area contributed by atoms with E-state index in [1.165, 1.54) is 13.2 Å². The number of rotatable bonds is 5. The number of nitrogens with zero attached hydrogens (tertiary/aromatic N) is 2. The predicted molar refractivity (Wildman–Crippen MR) is 113 cm³/mol. The molecule has 31 heavy (non-hydrogen) atoms. The summed E-state index contributed by atoms with van der Waals surface area (Å²) in [7, 11) is 1.53. The van der Waals surface area contributed by atoms with Gasteiger partial charge in [-0.25, -0.2) is 8.78 Å². The van der Waals surface area contributed by atoms with E-state index in [-0.39, 0.29) is 12.0 Å². The average molecular weight is 431 g/mol. The smallest absolute Gasteiger partial charge is 0.254 e. The first-order chi connectivity index (χ1) is 14.9. The monoisotopic (exact) mass is 431 g/mol. The molecule has 0 spiro atoms. The Kier molecular flexibility index (Phi) is 6.27. The van der Waals surface area contributed by atoms with E-state index in [0.29, 0.717) is 41.9 Å². The zero-order valence-electron chi connectivity index (χ0n) is 17.5. The summed E-state index contributed by atoms with van der Waals surface area (Å²) in [5.74, 6) is -0.930. The van der Waals surface area contributed by atoms with Crippen LogP contribution in [0.5, 0.6) is 11.5 Å². The van der Waals surface area contributed by atoms with Gasteiger partial charge in [-0.05, 0) is 49.6 Å². The van der Waals surface area contributed by atoms with E-state index in [1.807, 2.05) is 4.90 Å². The molecule has 0 aliphatic carbocycles. The molecule has 1 amide bonds. The van der Waals surface area contributed by atoms with Gasteiger partial charge in [-0.15, -0.1) is 0 Å². The molecule has 166 valence electrons. The van der Waals surface area contributed by atoms with E-state index < -0.39 is 11.6 Å². The number of hydrogen-bond donors (Lipinski definition) is 1. The molecule has 2 saturated heterocycles. The molecule has 2 heterocycles. The fraction of sp³-hybridized carbons (Fsp3) is 0.435. The van der Waals surface area contributed by atoms with Crippen molar-refractivity contribution in [3.05, 3.63) is 53.6 Å². The number of benzene rings is 2. The molecule has 1 unspecified atom stereocenters. The van der Waals surface area contributed by atoms with Gasteiger partial charge in [-0.2, -0.15) is 0 Å². The van der Waals surface area contributed by atoms with E-state index in [9.17, 15) is 13.6 Å². The van der Waals surface area contributed by atoms with Crippen LogP contribution in [-0.4, -0.2) is 61.1 Å². The molecule has 2 aliphatic rings. The maximum atomic E-state index is 13.4. The molecule has 0 aromatic heterocycles. The Bertz CT molecular complexity index is 948. The summed E-state index contributed by atoms with van der Waals surface area (Å²) in [5.41, 5.74) is 6.93. The minimum atomic E-state index is -0.899. The van der Waals surface area contributed by atoms with E-state index in [0.717, 1.165) is 44.5 Å². The minimum Gasteiger partial charge on any atom is -0.495 e. The Hall–Kier alpha value is -2.87. The zero-order chi connectivity index (χ0) is 22.0. The number of anilines is 1. The van der Waals surface area contributed by atoms with Gasteiger partial charge in [-0.3, -0.25) is 9.69 Å². The van der Waals surface area contributed by atoms with Crippen molar-refractivity contribution in [3.8, 4) is 11.5 Å². The number of piperidine rings is 1. The van der Waals surface area contributed by atoms with Crippen molar-refractivity contribution in [1.82, 2.24) is 9.80 Å². The molecule has 2 fully saturated rings. The summed E-state index contributed by atoms with van der Waals surface area (Å²) < 4.78 is 37.5. The summed E-state index contributed by atoms with van der Waals surface area (Å²) in [6, 6.07) is 9.05. The molecule has 1 atom stereocenters. The molecule has 6 nitrogen and oxygen atoms in total. The van der Waals surface area contributed by atoms with Crippen LogP contribution in [0.1, 0.15) is 29.6 Å². The van der Waals surface area contributed by atoms with Crippen LogP contribution in [0.3, 0.4) is 0 Å². The highest BCUT2D eigenvalue weighted by Gasteiger charge is 2.33. The lowest BCUT2D eigenvalue weighted by atomic mass is 10.0. The largest absolute Gasteiger partial charge is 0.495 e. The van der Waals surface area contributed by atoms with E-state index in [4.69, 9.17) is 15.2 Å². The Morgan fingerprint density at radius 2 is 1.81 bits per heavy atom. The highest BCUT2D eigenvalue weighted by molar-refractivity contribution is 5.95. The van der Waals surface area contributed by atoms with Gasteiger partial charge in [0.15, 0.2) is 11.6 Å². The van der Waals surface area contributed by atoms with Crippen LogP contribution < -0.4 is 15.2 Å². The summed E-state index contributed by atoms with van der Waals surface area (Å²) >= 11 is 0. The number of hydrogen-bond acceptors (Lipinski definition) is 5. The molecule has 0 saturated carbocycles. The first-order valence-corrected chi connectivity index (χ1v) is 10.5. The molecule has 0 radical (unpaired) electrons. The first-order valence-electron chi connectivity index (χ1n) is 10.5. The van der Waals surface area contributed by atoms with E-state index >= 15 is 0 Å². The standard InChI is InChI=1S/C23H27F2N3O3/c1-30-22-12-15(2-5-21(22)26)23(29)28-9-6-16(14-28)27-10-7-17(8-11-27)31-18-3-4-19(24)20(25)13-18/h2-5,12-13,16-17H,6-11,14,26H2,1H3. The minimum absolute atomic E-state index is 0.0163. The number of nitrogen functional groups attached to an aromatic ring is 1. The third-order valence-corrected chi connectivity index (χ3v) is 6.12. The molecular formula is C23H27F2N3O3. The van der Waals surface area contributed by atoms with Crippen molar-refractivity contribution in [1.29, 1.82) is 0 Å². The lowest BCUT2D eigenvalue weighted by Crippen LogP contribution is -2.45. The highest BCUT2D eigenvalue weighted by Crippen LogP contribution is 2.27. The second-order valence-electron chi connectivity index (χ2n) is 8.08. The zero-order valence-corrected chi connectivity index (χ0v) is 17.5. The van der Waals surface area contributed by atoms with Crippen molar-refractivity contribution < 1.29 is 23.0 Å². The van der Waals surface area contributed by atoms with Crippen LogP contribution in [0.15, 0.2) is 36.4 Å². The first kappa shape index (κ1) is 21.4. The van der Waals surface area contributed by atoms with Gasteiger partial charge in [0, 0.05) is 43.9 Å². The summed E-state index contributed by atoms with van der Waals surface area (Å²) in [6.45, 7) is 3.08. The highest BCUT2D eigenvalue weighted by atomic mass is 19.2. The number of ether oxygens (including phenoxy) is 2. The van der Waals surface area contributed by atoms with Gasteiger partial charge in [0.1, 0.15) is 17.6 Å². The molecule has 4 rings (SSSR count). The Morgan fingerprint density at radius 1 is 1.03 bits per heavy atom. The van der Waals surface area contributed by atoms with Crippen molar-refractivity contribution in [2.45, 2.75) is 31.4 Å². The second kappa shape index (κ2) is 9.09. The van der Waals surface area contributed by atoms with Crippen molar-refractivity contribution in [3.63, 3.8) is 0 Å². The number of nitrogens with two attached hydrogens (primary N) is 1. The van der Waals surface area contributed by atoms with Crippen LogP contribution in [0.2, 0.25) is 0 Å². The number of likely N-dealkylation sites (tertiary alicyclic amines) is 2. The number of carbonyl (C=O) groups excluding carboxylic acids is 1. The van der Waals surface area contributed by atoms with Crippen LogP contribution in [0.25, 0.3) is 0 Å².